The van der Waals surface area contributed by atoms with E-state index in [-0.39, 0.29) is 6.54 Å². The number of benzene rings is 2. The Morgan fingerprint density at radius 3 is 1.92 bits per heavy atom. The summed E-state index contributed by atoms with van der Waals surface area (Å²) in [7, 11) is 0. The summed E-state index contributed by atoms with van der Waals surface area (Å²) in [5, 5.41) is 3.69. The number of hydrogen-bond acceptors (Lipinski definition) is 3. The highest BCUT2D eigenvalue weighted by atomic mass is 35.5. The van der Waals surface area contributed by atoms with Crippen LogP contribution in [-0.4, -0.2) is 59.9 Å². The smallest absolute Gasteiger partial charge is 0.311 e. The molecule has 1 N–H and O–H groups in total. The zero-order chi connectivity index (χ0) is 26.6. The summed E-state index contributed by atoms with van der Waals surface area (Å²) in [5.41, 5.74) is 1.60. The molecule has 37 heavy (non-hydrogen) atoms. The Hall–Kier alpha value is -1.81. The second-order valence-electron chi connectivity index (χ2n) is 9.99. The fourth-order valence-corrected chi connectivity index (χ4v) is 5.83. The largest absolute Gasteiger partial charge is 0.405 e. The van der Waals surface area contributed by atoms with Crippen molar-refractivity contribution in [3.8, 4) is 0 Å². The number of nitrogens with one attached hydrogen (secondary N) is 1. The standard InChI is InChI=1S/C27H32ClF6N3/c28-21-13-11-20(12-14-21)23(16-35-15-19-7-3-1-4-8-19)36-17-24(26(29,30)31)37(22-9-5-2-6-10-22)25(18-36)27(32,33)34/h1,3-4,7-8,11-14,22-25,35H,2,5-6,9-10,15-18H2. The maximum absolute atomic E-state index is 14.4. The van der Waals surface area contributed by atoms with Crippen LogP contribution in [0.1, 0.15) is 49.3 Å². The fourth-order valence-electron chi connectivity index (χ4n) is 5.70. The Bertz CT molecular complexity index is 952. The minimum absolute atomic E-state index is 0.190. The number of rotatable bonds is 7. The third kappa shape index (κ3) is 7.19. The van der Waals surface area contributed by atoms with E-state index in [1.165, 1.54) is 4.90 Å². The van der Waals surface area contributed by atoms with Crippen molar-refractivity contribution in [1.29, 1.82) is 0 Å². The van der Waals surface area contributed by atoms with Crippen molar-refractivity contribution >= 4 is 11.6 Å². The molecule has 204 valence electrons. The molecule has 2 fully saturated rings. The Morgan fingerprint density at radius 2 is 1.38 bits per heavy atom. The van der Waals surface area contributed by atoms with Crippen molar-refractivity contribution < 1.29 is 26.3 Å². The summed E-state index contributed by atoms with van der Waals surface area (Å²) in [6.45, 7) is -0.409. The molecule has 1 aliphatic carbocycles. The van der Waals surface area contributed by atoms with Gasteiger partial charge in [0.2, 0.25) is 0 Å². The van der Waals surface area contributed by atoms with E-state index in [1.807, 2.05) is 30.3 Å². The second kappa shape index (κ2) is 11.9. The molecule has 2 aromatic carbocycles. The number of piperazine rings is 1. The van der Waals surface area contributed by atoms with Gasteiger partial charge in [0.15, 0.2) is 0 Å². The Kier molecular flexibility index (Phi) is 9.09. The van der Waals surface area contributed by atoms with E-state index in [4.69, 9.17) is 11.6 Å². The highest BCUT2D eigenvalue weighted by Crippen LogP contribution is 2.42. The van der Waals surface area contributed by atoms with Gasteiger partial charge >= 0.3 is 12.4 Å². The maximum Gasteiger partial charge on any atom is 0.405 e. The lowest BCUT2D eigenvalue weighted by molar-refractivity contribution is -0.266. The van der Waals surface area contributed by atoms with Crippen LogP contribution in [0.25, 0.3) is 0 Å². The van der Waals surface area contributed by atoms with Crippen LogP contribution in [0.4, 0.5) is 26.3 Å². The molecule has 0 amide bonds. The first kappa shape index (κ1) is 28.2. The van der Waals surface area contributed by atoms with Gasteiger partial charge in [0.25, 0.3) is 0 Å². The average molecular weight is 548 g/mol. The predicted octanol–water partition coefficient (Wildman–Crippen LogP) is 6.98. The summed E-state index contributed by atoms with van der Waals surface area (Å²) in [5.74, 6) is 0. The van der Waals surface area contributed by atoms with Crippen LogP contribution < -0.4 is 5.32 Å². The van der Waals surface area contributed by atoms with Gasteiger partial charge in [0, 0.05) is 43.3 Å². The monoisotopic (exact) mass is 547 g/mol. The molecular formula is C27H32ClF6N3. The zero-order valence-corrected chi connectivity index (χ0v) is 21.2. The highest BCUT2D eigenvalue weighted by Gasteiger charge is 2.58. The van der Waals surface area contributed by atoms with Gasteiger partial charge in [0.1, 0.15) is 12.1 Å². The normalized spacial score (nSPS) is 23.8. The SMILES string of the molecule is FC(F)(F)C1CN(C(CNCc2ccccc2)c2ccc(Cl)cc2)CC(C(F)(F)F)N1C1CCCCC1. The molecule has 1 heterocycles. The van der Waals surface area contributed by atoms with E-state index in [1.54, 1.807) is 24.3 Å². The summed E-state index contributed by atoms with van der Waals surface area (Å²) in [4.78, 5) is 2.11. The summed E-state index contributed by atoms with van der Waals surface area (Å²) < 4.78 is 86.4. The molecule has 2 aromatic rings. The van der Waals surface area contributed by atoms with Gasteiger partial charge in [0.05, 0.1) is 0 Å². The molecule has 3 atom stereocenters. The van der Waals surface area contributed by atoms with Crippen LogP contribution in [0, 0.1) is 0 Å². The zero-order valence-electron chi connectivity index (χ0n) is 20.4. The first-order chi connectivity index (χ1) is 17.5. The molecule has 3 nitrogen and oxygen atoms in total. The van der Waals surface area contributed by atoms with Crippen LogP contribution >= 0.6 is 11.6 Å². The summed E-state index contributed by atoms with van der Waals surface area (Å²) in [6.07, 6.45) is -6.72. The van der Waals surface area contributed by atoms with E-state index in [9.17, 15) is 26.3 Å². The number of alkyl halides is 6. The van der Waals surface area contributed by atoms with Crippen molar-refractivity contribution in [3.05, 3.63) is 70.7 Å². The quantitative estimate of drug-likeness (QED) is 0.377. The van der Waals surface area contributed by atoms with Crippen molar-refractivity contribution in [1.82, 2.24) is 15.1 Å². The van der Waals surface area contributed by atoms with Crippen LogP contribution in [0.2, 0.25) is 5.02 Å². The molecule has 2 aliphatic rings. The second-order valence-corrected chi connectivity index (χ2v) is 10.4. The summed E-state index contributed by atoms with van der Waals surface area (Å²) >= 11 is 6.02. The van der Waals surface area contributed by atoms with Gasteiger partial charge in [-0.2, -0.15) is 26.3 Å². The number of halogens is 7. The Morgan fingerprint density at radius 1 is 0.811 bits per heavy atom. The average Bonchev–Trinajstić information content (AvgIpc) is 2.87. The van der Waals surface area contributed by atoms with Gasteiger partial charge in [-0.15, -0.1) is 0 Å². The molecule has 4 rings (SSSR count). The van der Waals surface area contributed by atoms with Gasteiger partial charge in [-0.1, -0.05) is 73.3 Å². The number of hydrogen-bond donors (Lipinski definition) is 1. The molecule has 3 unspecified atom stereocenters. The van der Waals surface area contributed by atoms with Gasteiger partial charge in [-0.05, 0) is 36.1 Å². The van der Waals surface area contributed by atoms with Crippen LogP contribution in [0.3, 0.4) is 0 Å². The van der Waals surface area contributed by atoms with E-state index in [0.717, 1.165) is 16.9 Å². The summed E-state index contributed by atoms with van der Waals surface area (Å²) in [6, 6.07) is 10.2. The van der Waals surface area contributed by atoms with Crippen LogP contribution in [0.15, 0.2) is 54.6 Å². The lowest BCUT2D eigenvalue weighted by atomic mass is 9.89. The number of nitrogens with zero attached hydrogens (tertiary/aromatic N) is 2. The van der Waals surface area contributed by atoms with Crippen LogP contribution in [-0.2, 0) is 6.54 Å². The molecule has 0 radical (unpaired) electrons. The fraction of sp³-hybridized carbons (Fsp3) is 0.556. The topological polar surface area (TPSA) is 18.5 Å². The first-order valence-corrected chi connectivity index (χ1v) is 13.1. The first-order valence-electron chi connectivity index (χ1n) is 12.7. The van der Waals surface area contributed by atoms with Gasteiger partial charge < -0.3 is 5.32 Å². The molecule has 0 bridgehead atoms. The Labute approximate surface area is 218 Å². The third-order valence-electron chi connectivity index (χ3n) is 7.49. The van der Waals surface area contributed by atoms with E-state index < -0.39 is 49.6 Å². The maximum atomic E-state index is 14.4. The molecular weight excluding hydrogens is 516 g/mol. The molecule has 1 saturated heterocycles. The minimum atomic E-state index is -4.79. The molecule has 1 saturated carbocycles. The van der Waals surface area contributed by atoms with Crippen molar-refractivity contribution in [2.45, 2.75) is 75.2 Å². The van der Waals surface area contributed by atoms with Gasteiger partial charge in [-0.25, -0.2) is 0 Å². The molecule has 0 aromatic heterocycles. The molecule has 10 heteroatoms. The van der Waals surface area contributed by atoms with E-state index in [2.05, 4.69) is 5.32 Å². The molecule has 1 aliphatic heterocycles. The van der Waals surface area contributed by atoms with Crippen molar-refractivity contribution in [3.63, 3.8) is 0 Å². The van der Waals surface area contributed by atoms with Crippen LogP contribution in [0.5, 0.6) is 0 Å². The third-order valence-corrected chi connectivity index (χ3v) is 7.74. The lowest BCUT2D eigenvalue weighted by Crippen LogP contribution is -2.70. The van der Waals surface area contributed by atoms with Crippen molar-refractivity contribution in [2.24, 2.45) is 0 Å². The molecule has 0 spiro atoms. The lowest BCUT2D eigenvalue weighted by Gasteiger charge is -2.53. The Balaban J connectivity index is 1.64. The van der Waals surface area contributed by atoms with E-state index >= 15 is 0 Å². The van der Waals surface area contributed by atoms with E-state index in [0.29, 0.717) is 42.8 Å². The van der Waals surface area contributed by atoms with Gasteiger partial charge in [-0.3, -0.25) is 9.80 Å². The van der Waals surface area contributed by atoms with Crippen molar-refractivity contribution in [2.75, 3.05) is 19.6 Å². The predicted molar refractivity (Wildman–Crippen MR) is 132 cm³/mol. The highest BCUT2D eigenvalue weighted by molar-refractivity contribution is 6.30. The minimum Gasteiger partial charge on any atom is -0.311 e.